The van der Waals surface area contributed by atoms with Crippen molar-refractivity contribution in [3.05, 3.63) is 16.9 Å². The van der Waals surface area contributed by atoms with Crippen molar-refractivity contribution in [1.29, 1.82) is 0 Å². The molecule has 0 unspecified atom stereocenters. The van der Waals surface area contributed by atoms with Crippen LogP contribution in [0.15, 0.2) is 16.9 Å². The molecule has 2 N–H and O–H groups in total. The Bertz CT molecular complexity index is 644. The molecule has 22 heavy (non-hydrogen) atoms. The van der Waals surface area contributed by atoms with E-state index in [9.17, 15) is 19.8 Å². The number of β-lactam (4-membered cyclic amide) rings is 1. The van der Waals surface area contributed by atoms with E-state index >= 15 is 0 Å². The fourth-order valence-corrected chi connectivity index (χ4v) is 4.46. The number of carbonyl (C=O) groups excluding carboxylic acids is 1. The Kier molecular flexibility index (Phi) is 3.65. The van der Waals surface area contributed by atoms with Crippen LogP contribution in [-0.4, -0.2) is 58.7 Å². The summed E-state index contributed by atoms with van der Waals surface area (Å²) in [6.45, 7) is 3.41. The molecule has 10 heteroatoms. The van der Waals surface area contributed by atoms with Crippen LogP contribution >= 0.6 is 11.8 Å². The van der Waals surface area contributed by atoms with E-state index in [-0.39, 0.29) is 23.0 Å². The molecule has 0 aromatic carbocycles. The summed E-state index contributed by atoms with van der Waals surface area (Å²) >= 11 is 1.32. The Morgan fingerprint density at radius 3 is 2.77 bits per heavy atom. The molecule has 2 aliphatic heterocycles. The zero-order valence-electron chi connectivity index (χ0n) is 11.9. The van der Waals surface area contributed by atoms with E-state index in [0.29, 0.717) is 11.3 Å². The lowest BCUT2D eigenvalue weighted by molar-refractivity contribution is -0.156. The topological polar surface area (TPSA) is 121 Å². The van der Waals surface area contributed by atoms with Crippen molar-refractivity contribution in [2.45, 2.75) is 37.8 Å². The van der Waals surface area contributed by atoms with Crippen molar-refractivity contribution in [1.82, 2.24) is 25.1 Å². The van der Waals surface area contributed by atoms with Gasteiger partial charge in [0.05, 0.1) is 18.1 Å². The Morgan fingerprint density at radius 2 is 2.23 bits per heavy atom. The van der Waals surface area contributed by atoms with Gasteiger partial charge in [0.15, 0.2) is 0 Å². The summed E-state index contributed by atoms with van der Waals surface area (Å²) < 4.78 is 1.54. The zero-order chi connectivity index (χ0) is 16.0. The lowest BCUT2D eigenvalue weighted by Crippen LogP contribution is -2.60. The van der Waals surface area contributed by atoms with Crippen LogP contribution < -0.4 is 0 Å². The number of aliphatic carboxylic acids is 1. The number of aliphatic hydroxyl groups is 1. The van der Waals surface area contributed by atoms with Gasteiger partial charge < -0.3 is 10.2 Å². The van der Waals surface area contributed by atoms with Gasteiger partial charge in [-0.2, -0.15) is 0 Å². The molecule has 0 bridgehead atoms. The number of thioether (sulfide) groups is 1. The molecule has 1 saturated heterocycles. The maximum Gasteiger partial charge on any atom is 0.353 e. The van der Waals surface area contributed by atoms with Gasteiger partial charge in [-0.3, -0.25) is 9.69 Å². The summed E-state index contributed by atoms with van der Waals surface area (Å²) in [6, 6.07) is -0.134. The summed E-state index contributed by atoms with van der Waals surface area (Å²) in [5.74, 6) is -2.03. The van der Waals surface area contributed by atoms with Crippen LogP contribution in [0.25, 0.3) is 0 Å². The number of rotatable bonds is 5. The molecule has 9 nitrogen and oxygen atoms in total. The van der Waals surface area contributed by atoms with Crippen molar-refractivity contribution < 1.29 is 19.8 Å². The number of allylic oxidation sites excluding steroid dienone is 1. The van der Waals surface area contributed by atoms with Gasteiger partial charge in [-0.1, -0.05) is 0 Å². The highest BCUT2D eigenvalue weighted by atomic mass is 32.2. The second kappa shape index (κ2) is 5.36. The highest BCUT2D eigenvalue weighted by Gasteiger charge is 2.57. The predicted molar refractivity (Wildman–Crippen MR) is 75.2 cm³/mol. The maximum atomic E-state index is 12.1. The number of hydrogen-bond acceptors (Lipinski definition) is 7. The highest BCUT2D eigenvalue weighted by Crippen LogP contribution is 2.52. The van der Waals surface area contributed by atoms with Crippen LogP contribution in [0.1, 0.15) is 26.3 Å². The number of carboxylic acids is 1. The summed E-state index contributed by atoms with van der Waals surface area (Å²) in [5, 5.41) is 29.7. The number of hydrogen-bond donors (Lipinski definition) is 2. The molecule has 0 saturated carbocycles. The summed E-state index contributed by atoms with van der Waals surface area (Å²) in [5.41, 5.74) is 0.0109. The molecule has 1 aromatic heterocycles. The van der Waals surface area contributed by atoms with E-state index in [2.05, 4.69) is 15.5 Å². The molecular formula is C12H15N5O4S. The minimum absolute atomic E-state index is 0.0109. The Hall–Kier alpha value is -1.94. The molecule has 4 atom stereocenters. The first kappa shape index (κ1) is 15.0. The van der Waals surface area contributed by atoms with E-state index in [1.807, 2.05) is 6.92 Å². The van der Waals surface area contributed by atoms with E-state index in [1.54, 1.807) is 6.92 Å². The van der Waals surface area contributed by atoms with E-state index < -0.39 is 18.0 Å². The van der Waals surface area contributed by atoms with Gasteiger partial charge in [-0.05, 0) is 24.3 Å². The average molecular weight is 325 g/mol. The standard InChI is InChI=1S/C12H15N5O4S/c1-5(16-4-13-14-15-16)3-7-9(12(20)21)17-10(19)8(6(2)18)11(17)22-7/h4-6,8,11,18H,3H2,1-2H3,(H,20,21)/t5-,6-,8+,11-/m1/s1. The Labute approximate surface area is 130 Å². The molecule has 118 valence electrons. The van der Waals surface area contributed by atoms with Crippen LogP contribution in [0.2, 0.25) is 0 Å². The number of tetrazole rings is 1. The number of aromatic nitrogens is 4. The van der Waals surface area contributed by atoms with Crippen LogP contribution in [0.3, 0.4) is 0 Å². The highest BCUT2D eigenvalue weighted by molar-refractivity contribution is 8.04. The molecule has 0 aliphatic carbocycles. The van der Waals surface area contributed by atoms with Gasteiger partial charge in [0, 0.05) is 11.3 Å². The normalized spacial score (nSPS) is 26.7. The number of fused-ring (bicyclic) bond motifs is 1. The quantitative estimate of drug-likeness (QED) is 0.716. The maximum absolute atomic E-state index is 12.1. The second-order valence-corrected chi connectivity index (χ2v) is 6.61. The number of amides is 1. The molecule has 1 fully saturated rings. The fourth-order valence-electron chi connectivity index (χ4n) is 2.73. The number of carbonyl (C=O) groups is 2. The number of aliphatic hydroxyl groups excluding tert-OH is 1. The number of carboxylic acid groups (broad SMARTS) is 1. The largest absolute Gasteiger partial charge is 0.477 e. The zero-order valence-corrected chi connectivity index (χ0v) is 12.8. The Morgan fingerprint density at radius 1 is 1.50 bits per heavy atom. The van der Waals surface area contributed by atoms with Gasteiger partial charge in [-0.15, -0.1) is 16.9 Å². The van der Waals surface area contributed by atoms with Crippen molar-refractivity contribution >= 4 is 23.6 Å². The van der Waals surface area contributed by atoms with Gasteiger partial charge >= 0.3 is 5.97 Å². The van der Waals surface area contributed by atoms with E-state index in [1.165, 1.54) is 27.7 Å². The molecular weight excluding hydrogens is 310 g/mol. The fraction of sp³-hybridized carbons (Fsp3) is 0.583. The van der Waals surface area contributed by atoms with Gasteiger partial charge in [-0.25, -0.2) is 9.48 Å². The van der Waals surface area contributed by atoms with E-state index in [4.69, 9.17) is 0 Å². The third kappa shape index (κ3) is 2.18. The molecule has 0 spiro atoms. The third-order valence-corrected chi connectivity index (χ3v) is 5.26. The summed E-state index contributed by atoms with van der Waals surface area (Å²) in [7, 11) is 0. The average Bonchev–Trinajstić information content (AvgIpc) is 3.04. The van der Waals surface area contributed by atoms with Crippen LogP contribution in [0.5, 0.6) is 0 Å². The summed E-state index contributed by atoms with van der Waals surface area (Å²) in [4.78, 5) is 25.5. The minimum Gasteiger partial charge on any atom is -0.477 e. The van der Waals surface area contributed by atoms with Gasteiger partial charge in [0.1, 0.15) is 17.4 Å². The SMILES string of the molecule is C[C@H](CC1=C(C(=O)O)N2C(=O)[C@H]([C@@H](C)O)[C@H]2S1)n1cnnn1. The monoisotopic (exact) mass is 325 g/mol. The molecule has 3 heterocycles. The summed E-state index contributed by atoms with van der Waals surface area (Å²) in [6.07, 6.45) is 1.07. The lowest BCUT2D eigenvalue weighted by atomic mass is 9.92. The molecule has 3 rings (SSSR count). The van der Waals surface area contributed by atoms with Crippen molar-refractivity contribution in [3.63, 3.8) is 0 Å². The van der Waals surface area contributed by atoms with E-state index in [0.717, 1.165) is 0 Å². The Balaban J connectivity index is 1.84. The van der Waals surface area contributed by atoms with Crippen molar-refractivity contribution in [2.24, 2.45) is 5.92 Å². The number of nitrogens with zero attached hydrogens (tertiary/aromatic N) is 5. The third-order valence-electron chi connectivity index (χ3n) is 3.87. The van der Waals surface area contributed by atoms with Gasteiger partial charge in [0.2, 0.25) is 5.91 Å². The van der Waals surface area contributed by atoms with Crippen LogP contribution in [0, 0.1) is 5.92 Å². The van der Waals surface area contributed by atoms with Crippen molar-refractivity contribution in [3.8, 4) is 0 Å². The molecule has 1 aromatic rings. The first-order valence-electron chi connectivity index (χ1n) is 6.78. The van der Waals surface area contributed by atoms with Crippen molar-refractivity contribution in [2.75, 3.05) is 0 Å². The van der Waals surface area contributed by atoms with Crippen LogP contribution in [-0.2, 0) is 9.59 Å². The van der Waals surface area contributed by atoms with Gasteiger partial charge in [0.25, 0.3) is 0 Å². The lowest BCUT2D eigenvalue weighted by Gasteiger charge is -2.43. The smallest absolute Gasteiger partial charge is 0.353 e. The molecule has 0 radical (unpaired) electrons. The first-order valence-corrected chi connectivity index (χ1v) is 7.66. The first-order chi connectivity index (χ1) is 10.4. The minimum atomic E-state index is -1.13. The van der Waals surface area contributed by atoms with Crippen LogP contribution in [0.4, 0.5) is 0 Å². The molecule has 1 amide bonds. The molecule has 2 aliphatic rings. The predicted octanol–water partition coefficient (Wildman–Crippen LogP) is -0.168. The second-order valence-electron chi connectivity index (χ2n) is 5.40.